The molecule has 1 unspecified atom stereocenters. The highest BCUT2D eigenvalue weighted by Gasteiger charge is 2.13. The Kier molecular flexibility index (Phi) is 6.99. The summed E-state index contributed by atoms with van der Waals surface area (Å²) >= 11 is 0. The average molecular weight is 348 g/mol. The third-order valence-electron chi connectivity index (χ3n) is 3.79. The van der Waals surface area contributed by atoms with Crippen molar-refractivity contribution < 1.29 is 9.53 Å². The molecule has 1 N–H and O–H groups in total. The average Bonchev–Trinajstić information content (AvgIpc) is 2.65. The third-order valence-corrected chi connectivity index (χ3v) is 3.79. The molecule has 0 aliphatic heterocycles. The van der Waals surface area contributed by atoms with Crippen molar-refractivity contribution >= 4 is 12.0 Å². The van der Waals surface area contributed by atoms with Gasteiger partial charge in [0.2, 0.25) is 0 Å². The number of rotatable bonds is 7. The Morgan fingerprint density at radius 2 is 1.77 bits per heavy atom. The van der Waals surface area contributed by atoms with Gasteiger partial charge in [-0.2, -0.15) is 5.26 Å². The van der Waals surface area contributed by atoms with E-state index >= 15 is 0 Å². The zero-order valence-electron chi connectivity index (χ0n) is 15.4. The molecule has 134 valence electrons. The van der Waals surface area contributed by atoms with Gasteiger partial charge in [0.25, 0.3) is 5.91 Å². The second kappa shape index (κ2) is 9.43. The van der Waals surface area contributed by atoms with Crippen LogP contribution in [0.15, 0.2) is 60.2 Å². The van der Waals surface area contributed by atoms with Crippen molar-refractivity contribution in [2.45, 2.75) is 26.8 Å². The summed E-state index contributed by atoms with van der Waals surface area (Å²) in [4.78, 5) is 12.4. The van der Waals surface area contributed by atoms with Crippen molar-refractivity contribution in [1.29, 1.82) is 5.26 Å². The highest BCUT2D eigenvalue weighted by molar-refractivity contribution is 6.01. The highest BCUT2D eigenvalue weighted by Crippen LogP contribution is 2.16. The molecule has 0 aromatic heterocycles. The molecule has 1 atom stereocenters. The van der Waals surface area contributed by atoms with Crippen molar-refractivity contribution in [1.82, 2.24) is 5.32 Å². The van der Waals surface area contributed by atoms with Gasteiger partial charge in [-0.05, 0) is 42.2 Å². The molecule has 2 rings (SSSR count). The minimum absolute atomic E-state index is 0.0728. The summed E-state index contributed by atoms with van der Waals surface area (Å²) in [6.07, 6.45) is 1.58. The van der Waals surface area contributed by atoms with Gasteiger partial charge >= 0.3 is 0 Å². The Labute approximate surface area is 155 Å². The van der Waals surface area contributed by atoms with E-state index in [-0.39, 0.29) is 17.5 Å². The predicted molar refractivity (Wildman–Crippen MR) is 103 cm³/mol. The fourth-order valence-corrected chi connectivity index (χ4v) is 2.34. The summed E-state index contributed by atoms with van der Waals surface area (Å²) < 4.78 is 5.64. The molecule has 0 saturated carbocycles. The first-order valence-corrected chi connectivity index (χ1v) is 8.70. The predicted octanol–water partition coefficient (Wildman–Crippen LogP) is 4.51. The SMILES string of the molecule is CC(C)COc1ccc(C=C(C#N)C(=O)NC(C)c2ccccc2)cc1. The topological polar surface area (TPSA) is 62.1 Å². The van der Waals surface area contributed by atoms with Crippen LogP contribution in [0.3, 0.4) is 0 Å². The summed E-state index contributed by atoms with van der Waals surface area (Å²) in [6.45, 7) is 6.72. The van der Waals surface area contributed by atoms with Crippen molar-refractivity contribution in [2.24, 2.45) is 5.92 Å². The fourth-order valence-electron chi connectivity index (χ4n) is 2.34. The normalized spacial score (nSPS) is 12.3. The summed E-state index contributed by atoms with van der Waals surface area (Å²) in [6, 6.07) is 18.8. The van der Waals surface area contributed by atoms with Crippen LogP contribution in [0.25, 0.3) is 6.08 Å². The molecular formula is C22H24N2O2. The summed E-state index contributed by atoms with van der Waals surface area (Å²) in [7, 11) is 0. The smallest absolute Gasteiger partial charge is 0.262 e. The van der Waals surface area contributed by atoms with E-state index in [4.69, 9.17) is 4.74 Å². The third kappa shape index (κ3) is 5.78. The minimum atomic E-state index is -0.385. The zero-order chi connectivity index (χ0) is 18.9. The van der Waals surface area contributed by atoms with E-state index in [1.54, 1.807) is 6.08 Å². The number of carbonyl (C=O) groups excluding carboxylic acids is 1. The molecule has 0 aliphatic carbocycles. The minimum Gasteiger partial charge on any atom is -0.493 e. The van der Waals surface area contributed by atoms with Crippen LogP contribution < -0.4 is 10.1 Å². The molecule has 2 aromatic carbocycles. The van der Waals surface area contributed by atoms with Gasteiger partial charge in [-0.15, -0.1) is 0 Å². The van der Waals surface area contributed by atoms with Gasteiger partial charge in [0.15, 0.2) is 0 Å². The van der Waals surface area contributed by atoms with Crippen LogP contribution in [0, 0.1) is 17.2 Å². The zero-order valence-corrected chi connectivity index (χ0v) is 15.4. The quantitative estimate of drug-likeness (QED) is 0.592. The van der Waals surface area contributed by atoms with Crippen LogP contribution in [0.4, 0.5) is 0 Å². The second-order valence-corrected chi connectivity index (χ2v) is 6.55. The Bertz CT molecular complexity index is 787. The maximum Gasteiger partial charge on any atom is 0.262 e. The van der Waals surface area contributed by atoms with Crippen LogP contribution in [0.5, 0.6) is 5.75 Å². The monoisotopic (exact) mass is 348 g/mol. The maximum absolute atomic E-state index is 12.4. The van der Waals surface area contributed by atoms with Gasteiger partial charge < -0.3 is 10.1 Å². The van der Waals surface area contributed by atoms with E-state index in [0.717, 1.165) is 16.9 Å². The molecule has 0 fully saturated rings. The molecule has 4 heteroatoms. The largest absolute Gasteiger partial charge is 0.493 e. The van der Waals surface area contributed by atoms with Crippen LogP contribution in [0.1, 0.15) is 37.9 Å². The molecule has 0 spiro atoms. The first kappa shape index (κ1) is 19.3. The Morgan fingerprint density at radius 1 is 1.12 bits per heavy atom. The van der Waals surface area contributed by atoms with Crippen molar-refractivity contribution in [3.05, 3.63) is 71.3 Å². The lowest BCUT2D eigenvalue weighted by Gasteiger charge is -2.13. The molecule has 4 nitrogen and oxygen atoms in total. The number of hydrogen-bond acceptors (Lipinski definition) is 3. The van der Waals surface area contributed by atoms with Crippen LogP contribution in [-0.2, 0) is 4.79 Å². The highest BCUT2D eigenvalue weighted by atomic mass is 16.5. The van der Waals surface area contributed by atoms with Crippen molar-refractivity contribution in [3.63, 3.8) is 0 Å². The van der Waals surface area contributed by atoms with Gasteiger partial charge in [0, 0.05) is 0 Å². The first-order chi connectivity index (χ1) is 12.5. The fraction of sp³-hybridized carbons (Fsp3) is 0.273. The molecule has 1 amide bonds. The van der Waals surface area contributed by atoms with E-state index in [0.29, 0.717) is 12.5 Å². The van der Waals surface area contributed by atoms with Crippen LogP contribution in [-0.4, -0.2) is 12.5 Å². The lowest BCUT2D eigenvalue weighted by molar-refractivity contribution is -0.117. The number of hydrogen-bond donors (Lipinski definition) is 1. The number of carbonyl (C=O) groups is 1. The lowest BCUT2D eigenvalue weighted by atomic mass is 10.1. The number of nitriles is 1. The van der Waals surface area contributed by atoms with Crippen LogP contribution >= 0.6 is 0 Å². The Hall–Kier alpha value is -3.06. The Balaban J connectivity index is 2.04. The summed E-state index contributed by atoms with van der Waals surface area (Å²) in [5.41, 5.74) is 1.84. The molecule has 0 aliphatic rings. The number of amides is 1. The van der Waals surface area contributed by atoms with Gasteiger partial charge in [0.1, 0.15) is 17.4 Å². The van der Waals surface area contributed by atoms with Gasteiger partial charge in [-0.1, -0.05) is 56.3 Å². The van der Waals surface area contributed by atoms with Crippen molar-refractivity contribution in [3.8, 4) is 11.8 Å². The van der Waals surface area contributed by atoms with E-state index < -0.39 is 0 Å². The number of nitrogens with zero attached hydrogens (tertiary/aromatic N) is 1. The van der Waals surface area contributed by atoms with Gasteiger partial charge in [0.05, 0.1) is 12.6 Å². The molecular weight excluding hydrogens is 324 g/mol. The van der Waals surface area contributed by atoms with E-state index in [2.05, 4.69) is 19.2 Å². The first-order valence-electron chi connectivity index (χ1n) is 8.70. The number of ether oxygens (including phenoxy) is 1. The molecule has 0 saturated heterocycles. The maximum atomic E-state index is 12.4. The lowest BCUT2D eigenvalue weighted by Crippen LogP contribution is -2.27. The number of nitrogens with one attached hydrogen (secondary N) is 1. The van der Waals surface area contributed by atoms with E-state index in [9.17, 15) is 10.1 Å². The van der Waals surface area contributed by atoms with E-state index in [1.807, 2.05) is 67.6 Å². The summed E-state index contributed by atoms with van der Waals surface area (Å²) in [5, 5.41) is 12.2. The van der Waals surface area contributed by atoms with E-state index in [1.165, 1.54) is 0 Å². The molecule has 26 heavy (non-hydrogen) atoms. The molecule has 0 heterocycles. The summed E-state index contributed by atoms with van der Waals surface area (Å²) in [5.74, 6) is 0.843. The van der Waals surface area contributed by atoms with Crippen LogP contribution in [0.2, 0.25) is 0 Å². The molecule has 2 aromatic rings. The van der Waals surface area contributed by atoms with Crippen molar-refractivity contribution in [2.75, 3.05) is 6.61 Å². The van der Waals surface area contributed by atoms with Gasteiger partial charge in [-0.3, -0.25) is 4.79 Å². The van der Waals surface area contributed by atoms with Gasteiger partial charge in [-0.25, -0.2) is 0 Å². The Morgan fingerprint density at radius 3 is 2.35 bits per heavy atom. The molecule has 0 bridgehead atoms. The second-order valence-electron chi connectivity index (χ2n) is 6.55. The standard InChI is InChI=1S/C22H24N2O2/c1-16(2)15-26-21-11-9-18(10-12-21)13-20(14-23)22(25)24-17(3)19-7-5-4-6-8-19/h4-13,16-17H,15H2,1-3H3,(H,24,25). The molecule has 0 radical (unpaired) electrons. The number of benzene rings is 2.